The lowest BCUT2D eigenvalue weighted by atomic mass is 10.1. The predicted octanol–water partition coefficient (Wildman–Crippen LogP) is 1.42. The van der Waals surface area contributed by atoms with Crippen LogP contribution < -0.4 is 5.32 Å². The lowest BCUT2D eigenvalue weighted by Gasteiger charge is -2.38. The Morgan fingerprint density at radius 1 is 1.54 bits per heavy atom. The first kappa shape index (κ1) is 10.9. The van der Waals surface area contributed by atoms with Gasteiger partial charge in [-0.05, 0) is 13.3 Å². The van der Waals surface area contributed by atoms with Crippen LogP contribution in [0.5, 0.6) is 0 Å². The minimum atomic E-state index is -0.215. The summed E-state index contributed by atoms with van der Waals surface area (Å²) in [6.07, 6.45) is 2.36. The van der Waals surface area contributed by atoms with Gasteiger partial charge in [-0.25, -0.2) is 4.39 Å². The summed E-state index contributed by atoms with van der Waals surface area (Å²) in [4.78, 5) is 2.28. The highest BCUT2D eigenvalue weighted by molar-refractivity contribution is 4.83. The van der Waals surface area contributed by atoms with E-state index in [-0.39, 0.29) is 6.67 Å². The highest BCUT2D eigenvalue weighted by Gasteiger charge is 2.24. The summed E-state index contributed by atoms with van der Waals surface area (Å²) in [6.45, 7) is 6.76. The van der Waals surface area contributed by atoms with Crippen molar-refractivity contribution < 1.29 is 4.39 Å². The van der Waals surface area contributed by atoms with Crippen molar-refractivity contribution in [2.75, 3.05) is 26.3 Å². The largest absolute Gasteiger partial charge is 0.311 e. The molecule has 0 bridgehead atoms. The summed E-state index contributed by atoms with van der Waals surface area (Å²) in [6, 6.07) is 1.07. The molecular weight excluding hydrogens is 167 g/mol. The van der Waals surface area contributed by atoms with Crippen molar-refractivity contribution in [2.45, 2.75) is 38.8 Å². The summed E-state index contributed by atoms with van der Waals surface area (Å²) in [5.74, 6) is 0. The smallest absolute Gasteiger partial charge is 0.102 e. The van der Waals surface area contributed by atoms with Gasteiger partial charge in [0.2, 0.25) is 0 Å². The fraction of sp³-hybridized carbons (Fsp3) is 1.00. The molecule has 0 aromatic heterocycles. The molecule has 1 aliphatic heterocycles. The van der Waals surface area contributed by atoms with Gasteiger partial charge in [-0.15, -0.1) is 0 Å². The fourth-order valence-corrected chi connectivity index (χ4v) is 2.03. The predicted molar refractivity (Wildman–Crippen MR) is 53.7 cm³/mol. The van der Waals surface area contributed by atoms with Gasteiger partial charge in [0, 0.05) is 31.7 Å². The van der Waals surface area contributed by atoms with Crippen LogP contribution in [0.4, 0.5) is 4.39 Å². The van der Waals surface area contributed by atoms with E-state index in [1.165, 1.54) is 12.8 Å². The van der Waals surface area contributed by atoms with E-state index in [2.05, 4.69) is 24.1 Å². The molecule has 3 heteroatoms. The molecule has 0 saturated carbocycles. The number of nitrogens with zero attached hydrogens (tertiary/aromatic N) is 1. The quantitative estimate of drug-likeness (QED) is 0.718. The molecular formula is C10H21FN2. The van der Waals surface area contributed by atoms with Crippen LogP contribution in [0.15, 0.2) is 0 Å². The third-order valence-electron chi connectivity index (χ3n) is 2.72. The van der Waals surface area contributed by atoms with Gasteiger partial charge in [-0.2, -0.15) is 0 Å². The van der Waals surface area contributed by atoms with Crippen LogP contribution in [-0.2, 0) is 0 Å². The van der Waals surface area contributed by atoms with E-state index in [9.17, 15) is 4.39 Å². The Labute approximate surface area is 80.5 Å². The topological polar surface area (TPSA) is 15.3 Å². The summed E-state index contributed by atoms with van der Waals surface area (Å²) in [5.41, 5.74) is 0. The zero-order valence-electron chi connectivity index (χ0n) is 8.72. The average Bonchev–Trinajstić information content (AvgIpc) is 2.10. The molecule has 0 aromatic rings. The Bertz CT molecular complexity index is 141. The molecule has 1 fully saturated rings. The molecule has 1 rings (SSSR count). The Morgan fingerprint density at radius 2 is 2.31 bits per heavy atom. The van der Waals surface area contributed by atoms with Gasteiger partial charge < -0.3 is 5.32 Å². The summed E-state index contributed by atoms with van der Waals surface area (Å²) < 4.78 is 12.3. The van der Waals surface area contributed by atoms with Crippen molar-refractivity contribution in [3.63, 3.8) is 0 Å². The van der Waals surface area contributed by atoms with E-state index < -0.39 is 0 Å². The Morgan fingerprint density at radius 3 is 2.92 bits per heavy atom. The van der Waals surface area contributed by atoms with Crippen LogP contribution in [0.1, 0.15) is 26.7 Å². The normalized spacial score (nSPS) is 30.7. The summed E-state index contributed by atoms with van der Waals surface area (Å²) in [7, 11) is 0. The van der Waals surface area contributed by atoms with Crippen molar-refractivity contribution >= 4 is 0 Å². The minimum Gasteiger partial charge on any atom is -0.311 e. The number of hydrogen-bond donors (Lipinski definition) is 1. The van der Waals surface area contributed by atoms with E-state index in [0.717, 1.165) is 13.1 Å². The number of halogens is 1. The number of rotatable bonds is 4. The lowest BCUT2D eigenvalue weighted by Crippen LogP contribution is -2.55. The van der Waals surface area contributed by atoms with Crippen LogP contribution >= 0.6 is 0 Å². The highest BCUT2D eigenvalue weighted by atomic mass is 19.1. The van der Waals surface area contributed by atoms with E-state index >= 15 is 0 Å². The molecule has 2 atom stereocenters. The van der Waals surface area contributed by atoms with Crippen LogP contribution in [0.25, 0.3) is 0 Å². The second kappa shape index (κ2) is 5.55. The first-order valence-electron chi connectivity index (χ1n) is 5.31. The van der Waals surface area contributed by atoms with Crippen LogP contribution in [0.2, 0.25) is 0 Å². The van der Waals surface area contributed by atoms with Gasteiger partial charge in [0.15, 0.2) is 0 Å². The molecule has 0 aromatic carbocycles. The van der Waals surface area contributed by atoms with Crippen molar-refractivity contribution in [3.8, 4) is 0 Å². The monoisotopic (exact) mass is 188 g/mol. The molecule has 1 heterocycles. The number of hydrogen-bond acceptors (Lipinski definition) is 2. The van der Waals surface area contributed by atoms with E-state index in [4.69, 9.17) is 0 Å². The van der Waals surface area contributed by atoms with Gasteiger partial charge in [-0.1, -0.05) is 13.3 Å². The lowest BCUT2D eigenvalue weighted by molar-refractivity contribution is 0.119. The maximum Gasteiger partial charge on any atom is 0.102 e. The molecule has 1 N–H and O–H groups in total. The third-order valence-corrected chi connectivity index (χ3v) is 2.72. The summed E-state index contributed by atoms with van der Waals surface area (Å²) >= 11 is 0. The van der Waals surface area contributed by atoms with Gasteiger partial charge in [-0.3, -0.25) is 4.90 Å². The molecule has 0 aliphatic carbocycles. The second-order valence-electron chi connectivity index (χ2n) is 3.94. The molecule has 78 valence electrons. The first-order chi connectivity index (χ1) is 6.27. The van der Waals surface area contributed by atoms with Crippen LogP contribution in [-0.4, -0.2) is 43.3 Å². The van der Waals surface area contributed by atoms with E-state index in [1.807, 2.05) is 0 Å². The average molecular weight is 188 g/mol. The molecule has 2 nitrogen and oxygen atoms in total. The maximum absolute atomic E-state index is 12.3. The fourth-order valence-electron chi connectivity index (χ4n) is 2.03. The molecule has 0 amide bonds. The van der Waals surface area contributed by atoms with Crippen molar-refractivity contribution in [2.24, 2.45) is 0 Å². The third kappa shape index (κ3) is 3.24. The number of piperazine rings is 1. The van der Waals surface area contributed by atoms with Gasteiger partial charge in [0.25, 0.3) is 0 Å². The van der Waals surface area contributed by atoms with Crippen molar-refractivity contribution in [3.05, 3.63) is 0 Å². The number of alkyl halides is 1. The van der Waals surface area contributed by atoms with Gasteiger partial charge in [0.1, 0.15) is 6.67 Å². The Hall–Kier alpha value is -0.150. The molecule has 0 radical (unpaired) electrons. The molecule has 2 unspecified atom stereocenters. The summed E-state index contributed by atoms with van der Waals surface area (Å²) in [5, 5.41) is 3.44. The van der Waals surface area contributed by atoms with Crippen LogP contribution in [0, 0.1) is 0 Å². The maximum atomic E-state index is 12.3. The number of nitrogens with one attached hydrogen (secondary N) is 1. The SMILES string of the molecule is CCCC1CNC(C)CN1CCF. The Balaban J connectivity index is 2.40. The highest BCUT2D eigenvalue weighted by Crippen LogP contribution is 2.11. The second-order valence-corrected chi connectivity index (χ2v) is 3.94. The van der Waals surface area contributed by atoms with E-state index in [1.54, 1.807) is 0 Å². The molecule has 0 spiro atoms. The van der Waals surface area contributed by atoms with Gasteiger partial charge in [0.05, 0.1) is 0 Å². The molecule has 13 heavy (non-hydrogen) atoms. The van der Waals surface area contributed by atoms with Crippen LogP contribution in [0.3, 0.4) is 0 Å². The standard InChI is InChI=1S/C10H21FN2/c1-3-4-10-7-12-9(2)8-13(10)6-5-11/h9-10,12H,3-8H2,1-2H3. The Kier molecular flexibility index (Phi) is 4.67. The zero-order valence-corrected chi connectivity index (χ0v) is 8.72. The van der Waals surface area contributed by atoms with E-state index in [0.29, 0.717) is 18.6 Å². The van der Waals surface area contributed by atoms with Gasteiger partial charge >= 0.3 is 0 Å². The molecule has 1 aliphatic rings. The zero-order chi connectivity index (χ0) is 9.68. The molecule has 1 saturated heterocycles. The van der Waals surface area contributed by atoms with Crippen molar-refractivity contribution in [1.29, 1.82) is 0 Å². The minimum absolute atomic E-state index is 0.215. The van der Waals surface area contributed by atoms with Crippen molar-refractivity contribution in [1.82, 2.24) is 10.2 Å². The first-order valence-corrected chi connectivity index (χ1v) is 5.31.